The van der Waals surface area contributed by atoms with Gasteiger partial charge in [-0.05, 0) is 70.5 Å². The normalized spacial score (nSPS) is 10.6. The molecule has 1 amide bonds. The molecule has 28 heavy (non-hydrogen) atoms. The Kier molecular flexibility index (Phi) is 5.88. The average molecular weight is 450 g/mol. The van der Waals surface area contributed by atoms with Gasteiger partial charge in [0.25, 0.3) is 5.91 Å². The lowest BCUT2D eigenvalue weighted by molar-refractivity contribution is 0.102. The number of hydrogen-bond donors (Lipinski definition) is 1. The Bertz CT molecular complexity index is 1020. The number of nitrogens with one attached hydrogen (secondary N) is 1. The molecule has 2 aromatic carbocycles. The SMILES string of the molecule is CCOc1c(Br)cc(C(=O)Nc2cc(-n3nnnc3C)ccc2F)cc1OC. The van der Waals surface area contributed by atoms with Crippen LogP contribution in [0.5, 0.6) is 11.5 Å². The van der Waals surface area contributed by atoms with Crippen molar-refractivity contribution in [1.29, 1.82) is 0 Å². The molecule has 3 rings (SSSR count). The number of amides is 1. The van der Waals surface area contributed by atoms with Gasteiger partial charge in [0.05, 0.1) is 29.6 Å². The molecule has 0 unspecified atom stereocenters. The van der Waals surface area contributed by atoms with E-state index in [0.717, 1.165) is 0 Å². The van der Waals surface area contributed by atoms with Gasteiger partial charge in [-0.25, -0.2) is 4.39 Å². The van der Waals surface area contributed by atoms with Crippen molar-refractivity contribution in [1.82, 2.24) is 20.2 Å². The molecule has 0 radical (unpaired) electrons. The molecule has 0 aliphatic heterocycles. The molecular formula is C18H17BrFN5O3. The van der Waals surface area contributed by atoms with E-state index >= 15 is 0 Å². The number of rotatable bonds is 6. The maximum Gasteiger partial charge on any atom is 0.255 e. The van der Waals surface area contributed by atoms with Crippen molar-refractivity contribution in [2.75, 3.05) is 19.0 Å². The summed E-state index contributed by atoms with van der Waals surface area (Å²) in [5.41, 5.74) is 0.793. The Labute approximate surface area is 168 Å². The van der Waals surface area contributed by atoms with Crippen molar-refractivity contribution in [3.63, 3.8) is 0 Å². The van der Waals surface area contributed by atoms with Gasteiger partial charge in [-0.15, -0.1) is 5.10 Å². The molecule has 1 N–H and O–H groups in total. The minimum absolute atomic E-state index is 0.00127. The van der Waals surface area contributed by atoms with E-state index in [2.05, 4.69) is 36.8 Å². The highest BCUT2D eigenvalue weighted by Gasteiger charge is 2.17. The maximum absolute atomic E-state index is 14.2. The molecule has 8 nitrogen and oxygen atoms in total. The quantitative estimate of drug-likeness (QED) is 0.618. The summed E-state index contributed by atoms with van der Waals surface area (Å²) in [4.78, 5) is 12.7. The van der Waals surface area contributed by atoms with Gasteiger partial charge < -0.3 is 14.8 Å². The highest BCUT2D eigenvalue weighted by atomic mass is 79.9. The number of anilines is 1. The first-order chi connectivity index (χ1) is 13.4. The zero-order chi connectivity index (χ0) is 20.3. The van der Waals surface area contributed by atoms with Crippen LogP contribution >= 0.6 is 15.9 Å². The lowest BCUT2D eigenvalue weighted by Gasteiger charge is -2.14. The van der Waals surface area contributed by atoms with Gasteiger partial charge in [-0.3, -0.25) is 4.79 Å². The number of nitrogens with zero attached hydrogens (tertiary/aromatic N) is 4. The van der Waals surface area contributed by atoms with Gasteiger partial charge >= 0.3 is 0 Å². The summed E-state index contributed by atoms with van der Waals surface area (Å²) < 4.78 is 27.0. The van der Waals surface area contributed by atoms with Crippen LogP contribution < -0.4 is 14.8 Å². The molecule has 0 fully saturated rings. The molecule has 0 bridgehead atoms. The van der Waals surface area contributed by atoms with Crippen LogP contribution in [0.2, 0.25) is 0 Å². The Balaban J connectivity index is 1.91. The molecule has 0 atom stereocenters. The van der Waals surface area contributed by atoms with E-state index in [1.807, 2.05) is 6.92 Å². The Morgan fingerprint density at radius 2 is 2.11 bits per heavy atom. The number of carbonyl (C=O) groups excluding carboxylic acids is 1. The van der Waals surface area contributed by atoms with Gasteiger partial charge in [0, 0.05) is 5.56 Å². The second kappa shape index (κ2) is 8.34. The number of benzene rings is 2. The summed E-state index contributed by atoms with van der Waals surface area (Å²) >= 11 is 3.37. The molecule has 1 heterocycles. The van der Waals surface area contributed by atoms with E-state index in [4.69, 9.17) is 9.47 Å². The van der Waals surface area contributed by atoms with Crippen LogP contribution in [0.4, 0.5) is 10.1 Å². The van der Waals surface area contributed by atoms with Crippen LogP contribution in [0, 0.1) is 12.7 Å². The van der Waals surface area contributed by atoms with E-state index in [9.17, 15) is 9.18 Å². The number of ether oxygens (including phenoxy) is 2. The average Bonchev–Trinajstić information content (AvgIpc) is 3.11. The lowest BCUT2D eigenvalue weighted by atomic mass is 10.1. The second-order valence-corrected chi connectivity index (χ2v) is 6.53. The van der Waals surface area contributed by atoms with Crippen LogP contribution in [0.3, 0.4) is 0 Å². The largest absolute Gasteiger partial charge is 0.493 e. The number of hydrogen-bond acceptors (Lipinski definition) is 6. The molecule has 146 valence electrons. The number of halogens is 2. The topological polar surface area (TPSA) is 91.2 Å². The molecule has 0 spiro atoms. The summed E-state index contributed by atoms with van der Waals surface area (Å²) in [6, 6.07) is 7.32. The van der Waals surface area contributed by atoms with Crippen molar-refractivity contribution >= 4 is 27.5 Å². The third-order valence-corrected chi connectivity index (χ3v) is 4.44. The number of aryl methyl sites for hydroxylation is 1. The molecule has 0 saturated carbocycles. The predicted molar refractivity (Wildman–Crippen MR) is 104 cm³/mol. The van der Waals surface area contributed by atoms with Crippen molar-refractivity contribution in [2.45, 2.75) is 13.8 Å². The van der Waals surface area contributed by atoms with E-state index in [-0.39, 0.29) is 11.3 Å². The minimum atomic E-state index is -0.584. The molecular weight excluding hydrogens is 433 g/mol. The molecule has 0 saturated heterocycles. The molecule has 3 aromatic rings. The van der Waals surface area contributed by atoms with Crippen molar-refractivity contribution < 1.29 is 18.7 Å². The monoisotopic (exact) mass is 449 g/mol. The van der Waals surface area contributed by atoms with Crippen LogP contribution in [0.25, 0.3) is 5.69 Å². The molecule has 0 aliphatic carbocycles. The van der Waals surface area contributed by atoms with E-state index < -0.39 is 11.7 Å². The van der Waals surface area contributed by atoms with Crippen LogP contribution in [-0.2, 0) is 0 Å². The summed E-state index contributed by atoms with van der Waals surface area (Å²) in [7, 11) is 1.48. The van der Waals surface area contributed by atoms with Crippen molar-refractivity contribution in [2.24, 2.45) is 0 Å². The number of methoxy groups -OCH3 is 1. The highest BCUT2D eigenvalue weighted by Crippen LogP contribution is 2.37. The Morgan fingerprint density at radius 1 is 1.32 bits per heavy atom. The fraction of sp³-hybridized carbons (Fsp3) is 0.222. The van der Waals surface area contributed by atoms with Gasteiger partial charge in [-0.2, -0.15) is 4.68 Å². The summed E-state index contributed by atoms with van der Waals surface area (Å²) in [6.07, 6.45) is 0. The first-order valence-electron chi connectivity index (χ1n) is 8.31. The van der Waals surface area contributed by atoms with Crippen LogP contribution in [-0.4, -0.2) is 39.8 Å². The number of aromatic nitrogens is 4. The zero-order valence-electron chi connectivity index (χ0n) is 15.4. The number of carbonyl (C=O) groups is 1. The van der Waals surface area contributed by atoms with Gasteiger partial charge in [0.2, 0.25) is 0 Å². The Morgan fingerprint density at radius 3 is 2.75 bits per heavy atom. The standard InChI is InChI=1S/C18H17BrFN5O3/c1-4-28-17-13(19)7-11(8-16(17)27-3)18(26)21-15-9-12(5-6-14(15)20)25-10(2)22-23-24-25/h5-9H,4H2,1-3H3,(H,21,26). The second-order valence-electron chi connectivity index (χ2n) is 5.68. The van der Waals surface area contributed by atoms with Gasteiger partial charge in [0.15, 0.2) is 17.3 Å². The van der Waals surface area contributed by atoms with Crippen molar-refractivity contribution in [3.8, 4) is 17.2 Å². The Hall–Kier alpha value is -3.01. The summed E-state index contributed by atoms with van der Waals surface area (Å²) in [5.74, 6) is 0.319. The van der Waals surface area contributed by atoms with Gasteiger partial charge in [-0.1, -0.05) is 0 Å². The highest BCUT2D eigenvalue weighted by molar-refractivity contribution is 9.10. The fourth-order valence-corrected chi connectivity index (χ4v) is 3.10. The van der Waals surface area contributed by atoms with Gasteiger partial charge in [0.1, 0.15) is 5.82 Å². The smallest absolute Gasteiger partial charge is 0.255 e. The van der Waals surface area contributed by atoms with Crippen molar-refractivity contribution in [3.05, 3.63) is 52.0 Å². The number of tetrazole rings is 1. The van der Waals surface area contributed by atoms with E-state index in [1.165, 1.54) is 36.1 Å². The first-order valence-corrected chi connectivity index (χ1v) is 9.10. The predicted octanol–water partition coefficient (Wildman–Crippen LogP) is 3.53. The third kappa shape index (κ3) is 3.96. The fourth-order valence-electron chi connectivity index (χ4n) is 2.54. The minimum Gasteiger partial charge on any atom is -0.493 e. The lowest BCUT2D eigenvalue weighted by Crippen LogP contribution is -2.14. The molecule has 0 aliphatic rings. The van der Waals surface area contributed by atoms with Crippen LogP contribution in [0.15, 0.2) is 34.8 Å². The maximum atomic E-state index is 14.2. The molecule has 1 aromatic heterocycles. The summed E-state index contributed by atoms with van der Waals surface area (Å²) in [6.45, 7) is 4.00. The summed E-state index contributed by atoms with van der Waals surface area (Å²) in [5, 5.41) is 13.8. The van der Waals surface area contributed by atoms with Crippen LogP contribution in [0.1, 0.15) is 23.1 Å². The molecule has 10 heteroatoms. The first kappa shape index (κ1) is 19.7. The zero-order valence-corrected chi connectivity index (χ0v) is 16.9. The third-order valence-electron chi connectivity index (χ3n) is 3.85. The van der Waals surface area contributed by atoms with E-state index in [1.54, 1.807) is 13.0 Å². The van der Waals surface area contributed by atoms with E-state index in [0.29, 0.717) is 34.1 Å².